The fourth-order valence-electron chi connectivity index (χ4n) is 0.434. The van der Waals surface area contributed by atoms with Crippen LogP contribution in [0.4, 0.5) is 0 Å². The van der Waals surface area contributed by atoms with Crippen LogP contribution >= 0.6 is 0 Å². The number of esters is 1. The van der Waals surface area contributed by atoms with E-state index in [-0.39, 0.29) is 12.2 Å². The van der Waals surface area contributed by atoms with Gasteiger partial charge in [-0.2, -0.15) is 0 Å². The van der Waals surface area contributed by atoms with Gasteiger partial charge in [0.05, 0.1) is 0 Å². The van der Waals surface area contributed by atoms with E-state index in [9.17, 15) is 9.59 Å². The van der Waals surface area contributed by atoms with Gasteiger partial charge < -0.3 is 14.9 Å². The quantitative estimate of drug-likeness (QED) is 0.309. The summed E-state index contributed by atoms with van der Waals surface area (Å²) in [5.41, 5.74) is 0. The van der Waals surface area contributed by atoms with Gasteiger partial charge in [-0.25, -0.2) is 0 Å². The first-order valence-electron chi connectivity index (χ1n) is 3.04. The molecular weight excluding hydrogens is 152 g/mol. The van der Waals surface area contributed by atoms with Crippen molar-refractivity contribution in [2.75, 3.05) is 6.61 Å². The minimum atomic E-state index is -1.53. The second-order valence-electron chi connectivity index (χ2n) is 2.01. The van der Waals surface area contributed by atoms with E-state index in [1.165, 1.54) is 6.92 Å². The van der Waals surface area contributed by atoms with Crippen molar-refractivity contribution in [3.63, 3.8) is 0 Å². The average Bonchev–Trinajstić information content (AvgIpc) is 1.85. The lowest BCUT2D eigenvalue weighted by atomic mass is 10.3. The summed E-state index contributed by atoms with van der Waals surface area (Å²) in [6.07, 6.45) is -1.90. The SMILES string of the molecule is CC(=O)CC(=O)OC(O)CO. The van der Waals surface area contributed by atoms with Gasteiger partial charge in [0.2, 0.25) is 6.29 Å². The van der Waals surface area contributed by atoms with E-state index in [4.69, 9.17) is 10.2 Å². The first-order valence-corrected chi connectivity index (χ1v) is 3.04. The second-order valence-corrected chi connectivity index (χ2v) is 2.01. The number of ketones is 1. The van der Waals surface area contributed by atoms with E-state index in [0.717, 1.165) is 0 Å². The zero-order chi connectivity index (χ0) is 8.85. The molecular formula is C6H10O5. The van der Waals surface area contributed by atoms with Crippen LogP contribution in [0.1, 0.15) is 13.3 Å². The normalized spacial score (nSPS) is 12.3. The zero-order valence-electron chi connectivity index (χ0n) is 6.11. The molecule has 1 atom stereocenters. The highest BCUT2D eigenvalue weighted by Gasteiger charge is 2.10. The number of carbonyl (C=O) groups is 2. The van der Waals surface area contributed by atoms with Crippen LogP contribution in [0.3, 0.4) is 0 Å². The molecule has 0 saturated heterocycles. The summed E-state index contributed by atoms with van der Waals surface area (Å²) < 4.78 is 4.16. The predicted octanol–water partition coefficient (Wildman–Crippen LogP) is -1.18. The number of aliphatic hydroxyl groups excluding tert-OH is 2. The van der Waals surface area contributed by atoms with Gasteiger partial charge in [0, 0.05) is 0 Å². The maximum absolute atomic E-state index is 10.5. The summed E-state index contributed by atoms with van der Waals surface area (Å²) in [4.78, 5) is 20.8. The van der Waals surface area contributed by atoms with Gasteiger partial charge in [0.25, 0.3) is 0 Å². The maximum Gasteiger partial charge on any atom is 0.315 e. The number of aliphatic hydroxyl groups is 2. The van der Waals surface area contributed by atoms with Crippen molar-refractivity contribution in [1.29, 1.82) is 0 Å². The number of rotatable bonds is 4. The maximum atomic E-state index is 10.5. The number of Topliss-reactive ketones (excluding diaryl/α,β-unsaturated/α-hetero) is 1. The van der Waals surface area contributed by atoms with Crippen molar-refractivity contribution in [2.45, 2.75) is 19.6 Å². The van der Waals surface area contributed by atoms with Crippen LogP contribution in [0.2, 0.25) is 0 Å². The van der Waals surface area contributed by atoms with Gasteiger partial charge in [0.1, 0.15) is 18.8 Å². The molecule has 64 valence electrons. The number of hydrogen-bond donors (Lipinski definition) is 2. The predicted molar refractivity (Wildman–Crippen MR) is 34.5 cm³/mol. The van der Waals surface area contributed by atoms with E-state index in [1.807, 2.05) is 0 Å². The van der Waals surface area contributed by atoms with Gasteiger partial charge in [0.15, 0.2) is 0 Å². The molecule has 0 heterocycles. The van der Waals surface area contributed by atoms with E-state index < -0.39 is 18.9 Å². The molecule has 0 aliphatic heterocycles. The summed E-state index contributed by atoms with van der Waals surface area (Å²) in [6.45, 7) is 0.566. The summed E-state index contributed by atoms with van der Waals surface area (Å²) in [6, 6.07) is 0. The van der Waals surface area contributed by atoms with E-state index >= 15 is 0 Å². The van der Waals surface area contributed by atoms with E-state index in [0.29, 0.717) is 0 Å². The molecule has 0 saturated carbocycles. The van der Waals surface area contributed by atoms with E-state index in [2.05, 4.69) is 4.74 Å². The lowest BCUT2D eigenvalue weighted by Crippen LogP contribution is -2.22. The van der Waals surface area contributed by atoms with Crippen molar-refractivity contribution in [2.24, 2.45) is 0 Å². The topological polar surface area (TPSA) is 83.8 Å². The first kappa shape index (κ1) is 10.1. The Morgan fingerprint density at radius 1 is 1.55 bits per heavy atom. The lowest BCUT2D eigenvalue weighted by Gasteiger charge is -2.07. The van der Waals surface area contributed by atoms with Crippen molar-refractivity contribution in [3.8, 4) is 0 Å². The molecule has 1 unspecified atom stereocenters. The second kappa shape index (κ2) is 4.81. The van der Waals surface area contributed by atoms with Crippen LogP contribution in [0.25, 0.3) is 0 Å². The molecule has 0 fully saturated rings. The summed E-state index contributed by atoms with van der Waals surface area (Å²) in [7, 11) is 0. The van der Waals surface area contributed by atoms with Gasteiger partial charge in [-0.1, -0.05) is 0 Å². The third-order valence-electron chi connectivity index (χ3n) is 0.817. The van der Waals surface area contributed by atoms with Crippen LogP contribution in [0, 0.1) is 0 Å². The van der Waals surface area contributed by atoms with Crippen molar-refractivity contribution >= 4 is 11.8 Å². The van der Waals surface area contributed by atoms with Crippen molar-refractivity contribution in [1.82, 2.24) is 0 Å². The molecule has 0 aromatic carbocycles. The van der Waals surface area contributed by atoms with Crippen molar-refractivity contribution in [3.05, 3.63) is 0 Å². The number of hydrogen-bond acceptors (Lipinski definition) is 5. The molecule has 2 N–H and O–H groups in total. The van der Waals surface area contributed by atoms with Gasteiger partial charge in [-0.05, 0) is 6.92 Å². The Hall–Kier alpha value is -0.940. The van der Waals surface area contributed by atoms with E-state index in [1.54, 1.807) is 0 Å². The lowest BCUT2D eigenvalue weighted by molar-refractivity contribution is -0.173. The molecule has 0 aromatic rings. The van der Waals surface area contributed by atoms with Gasteiger partial charge >= 0.3 is 5.97 Å². The Bertz CT molecular complexity index is 153. The van der Waals surface area contributed by atoms with Crippen LogP contribution in [-0.4, -0.2) is 34.9 Å². The van der Waals surface area contributed by atoms with Crippen LogP contribution in [0.15, 0.2) is 0 Å². The molecule has 0 aromatic heterocycles. The van der Waals surface area contributed by atoms with Gasteiger partial charge in [-0.3, -0.25) is 9.59 Å². The Kier molecular flexibility index (Phi) is 4.40. The smallest absolute Gasteiger partial charge is 0.315 e. The molecule has 11 heavy (non-hydrogen) atoms. The molecule has 0 aliphatic carbocycles. The molecule has 0 spiro atoms. The molecule has 0 rings (SSSR count). The largest absolute Gasteiger partial charge is 0.433 e. The highest BCUT2D eigenvalue weighted by Crippen LogP contribution is 1.91. The number of ether oxygens (including phenoxy) is 1. The molecule has 0 aliphatic rings. The zero-order valence-corrected chi connectivity index (χ0v) is 6.11. The third-order valence-corrected chi connectivity index (χ3v) is 0.817. The van der Waals surface area contributed by atoms with Crippen LogP contribution < -0.4 is 0 Å². The Morgan fingerprint density at radius 3 is 2.45 bits per heavy atom. The molecule has 0 bridgehead atoms. The Labute approximate surface area is 63.6 Å². The number of carbonyl (C=O) groups excluding carboxylic acids is 2. The van der Waals surface area contributed by atoms with Gasteiger partial charge in [-0.15, -0.1) is 0 Å². The Balaban J connectivity index is 3.60. The molecule has 5 nitrogen and oxygen atoms in total. The fourth-order valence-corrected chi connectivity index (χ4v) is 0.434. The standard InChI is InChI=1S/C6H10O5/c1-4(8)2-5(9)11-6(10)3-7/h6-7,10H,2-3H2,1H3. The van der Waals surface area contributed by atoms with Crippen LogP contribution in [-0.2, 0) is 14.3 Å². The highest BCUT2D eigenvalue weighted by atomic mass is 16.6. The minimum absolute atomic E-state index is 0.347. The monoisotopic (exact) mass is 162 g/mol. The fraction of sp³-hybridized carbons (Fsp3) is 0.667. The average molecular weight is 162 g/mol. The Morgan fingerprint density at radius 2 is 2.09 bits per heavy atom. The molecule has 5 heteroatoms. The third kappa shape index (κ3) is 5.50. The minimum Gasteiger partial charge on any atom is -0.433 e. The van der Waals surface area contributed by atoms with Crippen molar-refractivity contribution < 1.29 is 24.5 Å². The van der Waals surface area contributed by atoms with Crippen LogP contribution in [0.5, 0.6) is 0 Å². The summed E-state index contributed by atoms with van der Waals surface area (Å²) in [5, 5.41) is 16.7. The first-order chi connectivity index (χ1) is 5.06. The summed E-state index contributed by atoms with van der Waals surface area (Å²) in [5.74, 6) is -1.18. The summed E-state index contributed by atoms with van der Waals surface area (Å²) >= 11 is 0. The molecule has 0 amide bonds. The molecule has 0 radical (unpaired) electrons. The highest BCUT2D eigenvalue weighted by molar-refractivity contribution is 5.94.